The zero-order chi connectivity index (χ0) is 14.2. The third-order valence-electron chi connectivity index (χ3n) is 6.70. The summed E-state index contributed by atoms with van der Waals surface area (Å²) in [6.45, 7) is 0. The van der Waals surface area contributed by atoms with E-state index >= 15 is 0 Å². The quantitative estimate of drug-likeness (QED) is 0.858. The van der Waals surface area contributed by atoms with Crippen LogP contribution >= 0.6 is 0 Å². The van der Waals surface area contributed by atoms with Crippen LogP contribution in [-0.2, 0) is 6.42 Å². The van der Waals surface area contributed by atoms with Crippen molar-refractivity contribution in [3.8, 4) is 0 Å². The molecule has 0 radical (unpaired) electrons. The molecule has 0 spiro atoms. The molecule has 0 amide bonds. The van der Waals surface area contributed by atoms with Crippen molar-refractivity contribution >= 4 is 0 Å². The van der Waals surface area contributed by atoms with Gasteiger partial charge in [-0.2, -0.15) is 0 Å². The topological polar surface area (TPSA) is 26.0 Å². The minimum atomic E-state index is 0.436. The van der Waals surface area contributed by atoms with Crippen LogP contribution in [0.4, 0.5) is 0 Å². The fraction of sp³-hybridized carbons (Fsp3) is 0.700. The van der Waals surface area contributed by atoms with Gasteiger partial charge in [0, 0.05) is 6.04 Å². The van der Waals surface area contributed by atoms with Gasteiger partial charge in [0.2, 0.25) is 0 Å². The number of benzene rings is 1. The molecule has 114 valence electrons. The van der Waals surface area contributed by atoms with Crippen LogP contribution in [0.5, 0.6) is 0 Å². The zero-order valence-corrected chi connectivity index (χ0v) is 13.1. The van der Waals surface area contributed by atoms with E-state index < -0.39 is 0 Å². The maximum Gasteiger partial charge on any atom is 0.00732 e. The van der Waals surface area contributed by atoms with Crippen LogP contribution in [0.1, 0.15) is 68.4 Å². The van der Waals surface area contributed by atoms with E-state index in [1.54, 1.807) is 11.1 Å². The summed E-state index contributed by atoms with van der Waals surface area (Å²) in [6, 6.07) is 9.38. The van der Waals surface area contributed by atoms with Gasteiger partial charge < -0.3 is 5.73 Å². The molecule has 4 rings (SSSR count). The van der Waals surface area contributed by atoms with Gasteiger partial charge in [0.25, 0.3) is 0 Å². The summed E-state index contributed by atoms with van der Waals surface area (Å²) in [6.07, 6.45) is 12.7. The Labute approximate surface area is 129 Å². The maximum atomic E-state index is 6.64. The Morgan fingerprint density at radius 3 is 2.67 bits per heavy atom. The fourth-order valence-corrected chi connectivity index (χ4v) is 5.39. The molecule has 1 aromatic rings. The normalized spacial score (nSPS) is 36.2. The monoisotopic (exact) mass is 283 g/mol. The summed E-state index contributed by atoms with van der Waals surface area (Å²) >= 11 is 0. The van der Waals surface area contributed by atoms with Gasteiger partial charge in [-0.05, 0) is 66.9 Å². The highest BCUT2D eigenvalue weighted by Gasteiger charge is 2.36. The second kappa shape index (κ2) is 5.76. The Morgan fingerprint density at radius 2 is 1.81 bits per heavy atom. The molecular formula is C20H29N. The lowest BCUT2D eigenvalue weighted by Gasteiger charge is -2.42. The summed E-state index contributed by atoms with van der Waals surface area (Å²) < 4.78 is 0. The van der Waals surface area contributed by atoms with Gasteiger partial charge in [-0.1, -0.05) is 49.9 Å². The second-order valence-corrected chi connectivity index (χ2v) is 7.88. The van der Waals surface area contributed by atoms with E-state index in [2.05, 4.69) is 24.3 Å². The molecule has 1 heteroatoms. The van der Waals surface area contributed by atoms with Gasteiger partial charge in [0.15, 0.2) is 0 Å². The third kappa shape index (κ3) is 2.65. The average Bonchev–Trinajstić information content (AvgIpc) is 2.52. The lowest BCUT2D eigenvalue weighted by atomic mass is 9.64. The smallest absolute Gasteiger partial charge is 0.00732 e. The largest absolute Gasteiger partial charge is 0.327 e. The minimum absolute atomic E-state index is 0.436. The number of fused-ring (bicyclic) bond motifs is 2. The number of nitrogens with two attached hydrogens (primary N) is 1. The lowest BCUT2D eigenvalue weighted by molar-refractivity contribution is 0.113. The van der Waals surface area contributed by atoms with Crippen molar-refractivity contribution in [1.82, 2.24) is 0 Å². The van der Waals surface area contributed by atoms with E-state index in [4.69, 9.17) is 5.73 Å². The van der Waals surface area contributed by atoms with E-state index in [0.717, 1.165) is 23.7 Å². The summed E-state index contributed by atoms with van der Waals surface area (Å²) in [5.41, 5.74) is 9.78. The summed E-state index contributed by atoms with van der Waals surface area (Å²) in [7, 11) is 0. The number of rotatable bonds is 3. The van der Waals surface area contributed by atoms with E-state index in [9.17, 15) is 0 Å². The molecule has 3 aliphatic carbocycles. The highest BCUT2D eigenvalue weighted by molar-refractivity contribution is 5.39. The average molecular weight is 283 g/mol. The van der Waals surface area contributed by atoms with Crippen LogP contribution < -0.4 is 5.73 Å². The Hall–Kier alpha value is -0.820. The Bertz CT molecular complexity index is 494. The first-order chi connectivity index (χ1) is 10.3. The summed E-state index contributed by atoms with van der Waals surface area (Å²) in [5.74, 6) is 3.61. The van der Waals surface area contributed by atoms with Crippen molar-refractivity contribution in [2.45, 2.75) is 69.7 Å². The van der Waals surface area contributed by atoms with Gasteiger partial charge in [-0.3, -0.25) is 0 Å². The Kier molecular flexibility index (Phi) is 3.79. The standard InChI is InChI=1S/C20H29N/c21-20(13-18-12-16-7-3-4-8-19(16)18)17-10-9-14-5-1-2-6-15(14)11-17/h3-4,7-8,14-15,17-18,20H,1-2,5-6,9-13,21H2. The van der Waals surface area contributed by atoms with Crippen molar-refractivity contribution in [2.24, 2.45) is 23.5 Å². The predicted molar refractivity (Wildman–Crippen MR) is 88.3 cm³/mol. The second-order valence-electron chi connectivity index (χ2n) is 7.88. The van der Waals surface area contributed by atoms with Crippen molar-refractivity contribution < 1.29 is 0 Å². The van der Waals surface area contributed by atoms with Crippen molar-refractivity contribution in [1.29, 1.82) is 0 Å². The van der Waals surface area contributed by atoms with Crippen molar-refractivity contribution in [3.63, 3.8) is 0 Å². The molecule has 2 saturated carbocycles. The van der Waals surface area contributed by atoms with E-state index in [0.29, 0.717) is 6.04 Å². The number of hydrogen-bond donors (Lipinski definition) is 1. The Morgan fingerprint density at radius 1 is 1.00 bits per heavy atom. The minimum Gasteiger partial charge on any atom is -0.327 e. The van der Waals surface area contributed by atoms with E-state index in [1.165, 1.54) is 57.8 Å². The van der Waals surface area contributed by atoms with Crippen LogP contribution in [0.3, 0.4) is 0 Å². The van der Waals surface area contributed by atoms with Crippen LogP contribution in [0.15, 0.2) is 24.3 Å². The fourth-order valence-electron chi connectivity index (χ4n) is 5.39. The molecule has 2 fully saturated rings. The first kappa shape index (κ1) is 13.8. The van der Waals surface area contributed by atoms with Gasteiger partial charge in [0.05, 0.1) is 0 Å². The summed E-state index contributed by atoms with van der Waals surface area (Å²) in [5, 5.41) is 0. The molecule has 2 N–H and O–H groups in total. The maximum absolute atomic E-state index is 6.64. The lowest BCUT2D eigenvalue weighted by Crippen LogP contribution is -2.39. The molecule has 21 heavy (non-hydrogen) atoms. The molecule has 3 aliphatic rings. The molecule has 1 aromatic carbocycles. The summed E-state index contributed by atoms with van der Waals surface area (Å²) in [4.78, 5) is 0. The zero-order valence-electron chi connectivity index (χ0n) is 13.1. The molecule has 5 atom stereocenters. The van der Waals surface area contributed by atoms with Gasteiger partial charge in [0.1, 0.15) is 0 Å². The van der Waals surface area contributed by atoms with E-state index in [1.807, 2.05) is 0 Å². The van der Waals surface area contributed by atoms with E-state index in [-0.39, 0.29) is 0 Å². The number of hydrogen-bond acceptors (Lipinski definition) is 1. The van der Waals surface area contributed by atoms with Gasteiger partial charge >= 0.3 is 0 Å². The molecule has 0 bridgehead atoms. The first-order valence-electron chi connectivity index (χ1n) is 9.14. The van der Waals surface area contributed by atoms with Gasteiger partial charge in [-0.15, -0.1) is 0 Å². The SMILES string of the molecule is NC(CC1Cc2ccccc21)C1CCC2CCCCC2C1. The van der Waals surface area contributed by atoms with Crippen molar-refractivity contribution in [3.05, 3.63) is 35.4 Å². The van der Waals surface area contributed by atoms with Crippen LogP contribution in [0, 0.1) is 17.8 Å². The first-order valence-corrected chi connectivity index (χ1v) is 9.14. The molecule has 0 saturated heterocycles. The van der Waals surface area contributed by atoms with Crippen LogP contribution in [0.25, 0.3) is 0 Å². The highest BCUT2D eigenvalue weighted by atomic mass is 14.7. The van der Waals surface area contributed by atoms with Crippen LogP contribution in [-0.4, -0.2) is 6.04 Å². The Balaban J connectivity index is 1.35. The highest BCUT2D eigenvalue weighted by Crippen LogP contribution is 2.45. The molecule has 0 aromatic heterocycles. The van der Waals surface area contributed by atoms with Gasteiger partial charge in [-0.25, -0.2) is 0 Å². The third-order valence-corrected chi connectivity index (χ3v) is 6.70. The molecular weight excluding hydrogens is 254 g/mol. The van der Waals surface area contributed by atoms with Crippen molar-refractivity contribution in [2.75, 3.05) is 0 Å². The van der Waals surface area contributed by atoms with Crippen LogP contribution in [0.2, 0.25) is 0 Å². The predicted octanol–water partition coefficient (Wildman–Crippen LogP) is 4.65. The molecule has 5 unspecified atom stereocenters. The molecule has 0 aliphatic heterocycles. The molecule has 0 heterocycles. The molecule has 1 nitrogen and oxygen atoms in total.